The molecule has 0 radical (unpaired) electrons. The van der Waals surface area contributed by atoms with Crippen LogP contribution in [0.3, 0.4) is 0 Å². The number of piperazine rings is 1. The molecule has 1 unspecified atom stereocenters. The van der Waals surface area contributed by atoms with Gasteiger partial charge in [0.2, 0.25) is 5.95 Å². The predicted octanol–water partition coefficient (Wildman–Crippen LogP) is 4.20. The summed E-state index contributed by atoms with van der Waals surface area (Å²) in [7, 11) is 0.0348. The van der Waals surface area contributed by atoms with Crippen molar-refractivity contribution in [3.63, 3.8) is 0 Å². The Morgan fingerprint density at radius 2 is 1.32 bits per heavy atom. The van der Waals surface area contributed by atoms with Gasteiger partial charge in [-0.15, -0.1) is 0 Å². The molecule has 2 aromatic carbocycles. The van der Waals surface area contributed by atoms with Crippen LogP contribution in [0.1, 0.15) is 34.6 Å². The number of carboxylic acids is 4. The molecule has 1 aliphatic carbocycles. The number of aliphatic carboxylic acids is 4. The fraction of sp³-hybridized carbons (Fsp3) is 0.317. The number of likely N-dealkylation sites (N-methyl/N-ethyl adjacent to an activating group) is 1. The van der Waals surface area contributed by atoms with Crippen LogP contribution >= 0.6 is 0 Å². The van der Waals surface area contributed by atoms with Crippen LogP contribution in [0.15, 0.2) is 83.8 Å². The Hall–Kier alpha value is -6.37. The number of carbonyl (C=O) groups is 4. The van der Waals surface area contributed by atoms with Crippen LogP contribution in [-0.2, 0) is 42.0 Å². The Labute approximate surface area is 342 Å². The molecule has 59 heavy (non-hydrogen) atoms. The summed E-state index contributed by atoms with van der Waals surface area (Å²) >= 11 is 0. The molecular formula is C41H48N6O11S. The van der Waals surface area contributed by atoms with Crippen molar-refractivity contribution in [3.05, 3.63) is 107 Å². The molecule has 1 fully saturated rings. The van der Waals surface area contributed by atoms with Gasteiger partial charge in [0, 0.05) is 79.3 Å². The van der Waals surface area contributed by atoms with Gasteiger partial charge in [0.25, 0.3) is 10.0 Å². The Kier molecular flexibility index (Phi) is 15.6. The summed E-state index contributed by atoms with van der Waals surface area (Å²) < 4.78 is 36.8. The molecule has 1 atom stereocenters. The van der Waals surface area contributed by atoms with Gasteiger partial charge in [-0.3, -0.25) is 4.90 Å². The second kappa shape index (κ2) is 20.4. The van der Waals surface area contributed by atoms with Gasteiger partial charge in [-0.1, -0.05) is 0 Å². The van der Waals surface area contributed by atoms with E-state index >= 15 is 0 Å². The number of nitrogens with one attached hydrogen (secondary N) is 1. The van der Waals surface area contributed by atoms with Crippen molar-refractivity contribution in [3.8, 4) is 22.7 Å². The average Bonchev–Trinajstić information content (AvgIpc) is 3.55. The molecule has 0 amide bonds. The van der Waals surface area contributed by atoms with E-state index in [1.165, 1.54) is 11.3 Å². The minimum atomic E-state index is -3.86. The first-order valence-corrected chi connectivity index (χ1v) is 19.9. The molecule has 5 N–H and O–H groups in total. The SMILES string of the molecule is COc1ccc(-c2cc3c(n2-c2ccc(S(=O)(=O)Nc4nc(C)cc(C)n4)cc2)CCC(N2CCN(C)CC2)C3)cc1C.O=C(O)C=CC(=O)O.O=C(O)C=CC(=O)O. The van der Waals surface area contributed by atoms with E-state index in [0.29, 0.717) is 41.7 Å². The number of carboxylic acid groups (broad SMARTS) is 4. The Bertz CT molecular complexity index is 2250. The highest BCUT2D eigenvalue weighted by molar-refractivity contribution is 7.92. The highest BCUT2D eigenvalue weighted by Crippen LogP contribution is 2.37. The number of hydrogen-bond acceptors (Lipinski definition) is 11. The fourth-order valence-electron chi connectivity index (χ4n) is 6.76. The van der Waals surface area contributed by atoms with Gasteiger partial charge in [-0.25, -0.2) is 42.3 Å². The van der Waals surface area contributed by atoms with E-state index in [1.807, 2.05) is 32.0 Å². The number of hydrogen-bond donors (Lipinski definition) is 5. The van der Waals surface area contributed by atoms with Gasteiger partial charge >= 0.3 is 23.9 Å². The number of benzene rings is 2. The third kappa shape index (κ3) is 13.1. The van der Waals surface area contributed by atoms with E-state index in [4.69, 9.17) is 25.2 Å². The summed E-state index contributed by atoms with van der Waals surface area (Å²) in [5.41, 5.74) is 8.28. The fourth-order valence-corrected chi connectivity index (χ4v) is 7.71. The molecule has 2 aliphatic rings. The lowest BCUT2D eigenvalue weighted by molar-refractivity contribution is -0.134. The zero-order valence-electron chi connectivity index (χ0n) is 33.3. The maximum Gasteiger partial charge on any atom is 0.328 e. The molecule has 6 rings (SSSR count). The molecule has 2 aromatic heterocycles. The Morgan fingerprint density at radius 1 is 0.780 bits per heavy atom. The monoisotopic (exact) mass is 832 g/mol. The van der Waals surface area contributed by atoms with Crippen molar-refractivity contribution in [2.24, 2.45) is 0 Å². The third-order valence-electron chi connectivity index (χ3n) is 9.46. The lowest BCUT2D eigenvalue weighted by atomic mass is 9.91. The smallest absolute Gasteiger partial charge is 0.328 e. The summed E-state index contributed by atoms with van der Waals surface area (Å²) in [6.45, 7) is 10.1. The minimum Gasteiger partial charge on any atom is -0.496 e. The normalized spacial score (nSPS) is 15.6. The van der Waals surface area contributed by atoms with Crippen LogP contribution in [-0.4, -0.2) is 123 Å². The quantitative estimate of drug-likeness (QED) is 0.133. The van der Waals surface area contributed by atoms with E-state index < -0.39 is 33.9 Å². The van der Waals surface area contributed by atoms with Crippen LogP contribution in [0, 0.1) is 20.8 Å². The molecule has 3 heterocycles. The number of fused-ring (bicyclic) bond motifs is 1. The molecule has 1 aliphatic heterocycles. The number of anilines is 1. The maximum absolute atomic E-state index is 13.2. The first-order chi connectivity index (χ1) is 27.9. The van der Waals surface area contributed by atoms with Gasteiger partial charge in [-0.2, -0.15) is 0 Å². The van der Waals surface area contributed by atoms with E-state index in [9.17, 15) is 27.6 Å². The van der Waals surface area contributed by atoms with E-state index in [1.54, 1.807) is 25.3 Å². The largest absolute Gasteiger partial charge is 0.496 e. The van der Waals surface area contributed by atoms with Crippen LogP contribution in [0.4, 0.5) is 5.95 Å². The number of rotatable bonds is 11. The lowest BCUT2D eigenvalue weighted by Gasteiger charge is -2.39. The highest BCUT2D eigenvalue weighted by atomic mass is 32.2. The zero-order valence-corrected chi connectivity index (χ0v) is 34.1. The van der Waals surface area contributed by atoms with Crippen LogP contribution in [0.2, 0.25) is 0 Å². The predicted molar refractivity (Wildman–Crippen MR) is 219 cm³/mol. The van der Waals surface area contributed by atoms with Crippen molar-refractivity contribution in [1.82, 2.24) is 24.3 Å². The van der Waals surface area contributed by atoms with E-state index in [-0.39, 0.29) is 10.8 Å². The van der Waals surface area contributed by atoms with Gasteiger partial charge in [0.15, 0.2) is 0 Å². The van der Waals surface area contributed by atoms with Crippen LogP contribution in [0.25, 0.3) is 16.9 Å². The first kappa shape index (κ1) is 45.3. The van der Waals surface area contributed by atoms with Gasteiger partial charge in [0.1, 0.15) is 5.75 Å². The number of sulfonamides is 1. The maximum atomic E-state index is 13.2. The van der Waals surface area contributed by atoms with Crippen molar-refractivity contribution in [2.75, 3.05) is 45.1 Å². The third-order valence-corrected chi connectivity index (χ3v) is 10.8. The molecular weight excluding hydrogens is 785 g/mol. The first-order valence-electron chi connectivity index (χ1n) is 18.4. The summed E-state index contributed by atoms with van der Waals surface area (Å²) in [5, 5.41) is 31.2. The van der Waals surface area contributed by atoms with Crippen LogP contribution < -0.4 is 9.46 Å². The Morgan fingerprint density at radius 3 is 1.81 bits per heavy atom. The van der Waals surface area contributed by atoms with Crippen molar-refractivity contribution >= 4 is 39.8 Å². The van der Waals surface area contributed by atoms with Crippen molar-refractivity contribution in [2.45, 2.75) is 51.0 Å². The summed E-state index contributed by atoms with van der Waals surface area (Å²) in [6.07, 6.45) is 5.32. The number of aromatic nitrogens is 3. The summed E-state index contributed by atoms with van der Waals surface area (Å²) in [5.74, 6) is -4.09. The van der Waals surface area contributed by atoms with E-state index in [2.05, 4.69) is 61.2 Å². The summed E-state index contributed by atoms with van der Waals surface area (Å²) in [6, 6.07) is 18.1. The molecule has 0 saturated carbocycles. The average molecular weight is 833 g/mol. The van der Waals surface area contributed by atoms with Gasteiger partial charge < -0.3 is 34.6 Å². The molecule has 4 aromatic rings. The number of nitrogens with zero attached hydrogens (tertiary/aromatic N) is 5. The summed E-state index contributed by atoms with van der Waals surface area (Å²) in [4.78, 5) is 51.9. The molecule has 314 valence electrons. The molecule has 0 bridgehead atoms. The standard InChI is InChI=1S/C33H40N6O3S.2C4H4O4/c1-22-18-25(6-13-32(22)42-5)31-21-26-20-28(38-16-14-37(4)15-17-38)9-12-30(26)39(31)27-7-10-29(11-8-27)43(40,41)36-33-34-23(2)19-24(3)35-33;2*5-3(6)1-2-4(7)8/h6-8,10-11,13,18-19,21,28H,9,12,14-17,20H2,1-5H3,(H,34,35,36);2*1-2H,(H,5,6)(H,7,8). The van der Waals surface area contributed by atoms with Gasteiger partial charge in [0.05, 0.1) is 17.7 Å². The molecule has 17 nitrogen and oxygen atoms in total. The number of methoxy groups -OCH3 is 1. The van der Waals surface area contributed by atoms with E-state index in [0.717, 1.165) is 73.7 Å². The number of aryl methyl sites for hydroxylation is 3. The highest BCUT2D eigenvalue weighted by Gasteiger charge is 2.30. The van der Waals surface area contributed by atoms with Crippen molar-refractivity contribution < 1.29 is 52.8 Å². The van der Waals surface area contributed by atoms with Crippen molar-refractivity contribution in [1.29, 1.82) is 0 Å². The number of ether oxygens (including phenoxy) is 1. The Balaban J connectivity index is 0.000000406. The molecule has 1 saturated heterocycles. The minimum absolute atomic E-state index is 0.0770. The zero-order chi connectivity index (χ0) is 43.4. The molecule has 0 spiro atoms. The molecule has 18 heteroatoms. The van der Waals surface area contributed by atoms with Gasteiger partial charge in [-0.05, 0) is 118 Å². The topological polar surface area (TPSA) is 242 Å². The van der Waals surface area contributed by atoms with Crippen LogP contribution in [0.5, 0.6) is 5.75 Å². The second-order valence-electron chi connectivity index (χ2n) is 13.9. The lowest BCUT2D eigenvalue weighted by Crippen LogP contribution is -2.50. The second-order valence-corrected chi connectivity index (χ2v) is 15.5.